The normalized spacial score (nSPS) is 16.0. The molecule has 0 radical (unpaired) electrons. The number of carbonyl (C=O) groups is 1. The summed E-state index contributed by atoms with van der Waals surface area (Å²) in [5.74, 6) is -0.0985. The maximum atomic E-state index is 12.6. The largest absolute Gasteiger partial charge is 0.348 e. The fourth-order valence-electron chi connectivity index (χ4n) is 3.47. The number of carbonyl (C=O) groups excluding carboxylic acids is 1. The van der Waals surface area contributed by atoms with Crippen molar-refractivity contribution in [1.29, 1.82) is 0 Å². The van der Waals surface area contributed by atoms with Crippen LogP contribution in [0.5, 0.6) is 0 Å². The molecule has 3 aromatic rings. The molecule has 0 atom stereocenters. The van der Waals surface area contributed by atoms with Crippen LogP contribution in [0.4, 0.5) is 0 Å². The van der Waals surface area contributed by atoms with Gasteiger partial charge in [-0.3, -0.25) is 14.8 Å². The predicted octanol–water partition coefficient (Wildman–Crippen LogP) is 3.61. The van der Waals surface area contributed by atoms with E-state index >= 15 is 0 Å². The summed E-state index contributed by atoms with van der Waals surface area (Å²) in [5, 5.41) is 11.9. The molecule has 2 aromatic carbocycles. The number of aromatic nitrogens is 2. The van der Waals surface area contributed by atoms with Crippen molar-refractivity contribution in [2.45, 2.75) is 25.4 Å². The number of nitrogens with zero attached hydrogens (tertiary/aromatic N) is 2. The predicted molar refractivity (Wildman–Crippen MR) is 103 cm³/mol. The van der Waals surface area contributed by atoms with E-state index in [9.17, 15) is 4.79 Å². The van der Waals surface area contributed by atoms with Gasteiger partial charge in [0.15, 0.2) is 5.69 Å². The van der Waals surface area contributed by atoms with Gasteiger partial charge in [-0.05, 0) is 36.6 Å². The standard InChI is InChI=1S/C20H21ClN4O/c21-15-7-5-14(6-8-15)13-25-11-9-16(10-12-25)22-20(26)19-17-3-1-2-4-18(17)23-24-19/h1-8,16H,9-13H2,(H,22,26)(H,23,24). The third-order valence-corrected chi connectivity index (χ3v) is 5.18. The molecule has 1 saturated heterocycles. The molecule has 6 heteroatoms. The molecular weight excluding hydrogens is 348 g/mol. The topological polar surface area (TPSA) is 61.0 Å². The van der Waals surface area contributed by atoms with E-state index in [1.165, 1.54) is 5.56 Å². The molecule has 1 aliphatic heterocycles. The van der Waals surface area contributed by atoms with Crippen LogP contribution in [0.1, 0.15) is 28.9 Å². The van der Waals surface area contributed by atoms with E-state index in [1.54, 1.807) is 0 Å². The fraction of sp³-hybridized carbons (Fsp3) is 0.300. The van der Waals surface area contributed by atoms with Crippen LogP contribution >= 0.6 is 11.6 Å². The van der Waals surface area contributed by atoms with E-state index < -0.39 is 0 Å². The summed E-state index contributed by atoms with van der Waals surface area (Å²) in [6.45, 7) is 2.85. The van der Waals surface area contributed by atoms with E-state index in [-0.39, 0.29) is 11.9 Å². The van der Waals surface area contributed by atoms with Gasteiger partial charge >= 0.3 is 0 Å². The van der Waals surface area contributed by atoms with Gasteiger partial charge < -0.3 is 5.32 Å². The highest BCUT2D eigenvalue weighted by atomic mass is 35.5. The minimum atomic E-state index is -0.0985. The quantitative estimate of drug-likeness (QED) is 0.739. The number of aromatic amines is 1. The molecule has 26 heavy (non-hydrogen) atoms. The molecule has 1 aliphatic rings. The molecule has 0 bridgehead atoms. The highest BCUT2D eigenvalue weighted by Gasteiger charge is 2.23. The van der Waals surface area contributed by atoms with E-state index in [2.05, 4.69) is 32.5 Å². The third kappa shape index (κ3) is 3.74. The summed E-state index contributed by atoms with van der Waals surface area (Å²) >= 11 is 5.94. The van der Waals surface area contributed by atoms with Crippen molar-refractivity contribution < 1.29 is 4.79 Å². The lowest BCUT2D eigenvalue weighted by Gasteiger charge is -2.32. The Morgan fingerprint density at radius 3 is 2.65 bits per heavy atom. The molecule has 5 nitrogen and oxygen atoms in total. The lowest BCUT2D eigenvalue weighted by Crippen LogP contribution is -2.44. The van der Waals surface area contributed by atoms with Gasteiger partial charge in [0.05, 0.1) is 5.52 Å². The highest BCUT2D eigenvalue weighted by Crippen LogP contribution is 2.18. The van der Waals surface area contributed by atoms with Gasteiger partial charge in [-0.1, -0.05) is 41.9 Å². The number of benzene rings is 2. The maximum Gasteiger partial charge on any atom is 0.272 e. The summed E-state index contributed by atoms with van der Waals surface area (Å²) in [6, 6.07) is 15.9. The second kappa shape index (κ2) is 7.48. The molecule has 4 rings (SSSR count). The fourth-order valence-corrected chi connectivity index (χ4v) is 3.60. The molecule has 2 N–H and O–H groups in total. The number of rotatable bonds is 4. The van der Waals surface area contributed by atoms with Crippen molar-refractivity contribution in [2.75, 3.05) is 13.1 Å². The second-order valence-electron chi connectivity index (χ2n) is 6.77. The molecule has 134 valence electrons. The lowest BCUT2D eigenvalue weighted by atomic mass is 10.0. The van der Waals surface area contributed by atoms with Gasteiger partial charge in [0.2, 0.25) is 0 Å². The number of fused-ring (bicyclic) bond motifs is 1. The van der Waals surface area contributed by atoms with Crippen LogP contribution in [0, 0.1) is 0 Å². The van der Waals surface area contributed by atoms with Crippen LogP contribution in [0.25, 0.3) is 10.9 Å². The van der Waals surface area contributed by atoms with Gasteiger partial charge in [-0.15, -0.1) is 0 Å². The molecule has 1 aromatic heterocycles. The molecule has 1 fully saturated rings. The Morgan fingerprint density at radius 2 is 1.88 bits per heavy atom. The van der Waals surface area contributed by atoms with Crippen molar-refractivity contribution in [3.8, 4) is 0 Å². The molecule has 2 heterocycles. The number of hydrogen-bond donors (Lipinski definition) is 2. The lowest BCUT2D eigenvalue weighted by molar-refractivity contribution is 0.0905. The van der Waals surface area contributed by atoms with Crippen LogP contribution in [-0.2, 0) is 6.54 Å². The van der Waals surface area contributed by atoms with Gasteiger partial charge in [0, 0.05) is 36.1 Å². The zero-order valence-electron chi connectivity index (χ0n) is 14.4. The van der Waals surface area contributed by atoms with Gasteiger partial charge in [0.1, 0.15) is 0 Å². The van der Waals surface area contributed by atoms with E-state index in [1.807, 2.05) is 36.4 Å². The summed E-state index contributed by atoms with van der Waals surface area (Å²) < 4.78 is 0. The van der Waals surface area contributed by atoms with Crippen LogP contribution in [0.15, 0.2) is 48.5 Å². The minimum Gasteiger partial charge on any atom is -0.348 e. The highest BCUT2D eigenvalue weighted by molar-refractivity contribution is 6.30. The number of hydrogen-bond acceptors (Lipinski definition) is 3. The summed E-state index contributed by atoms with van der Waals surface area (Å²) in [4.78, 5) is 15.0. The van der Waals surface area contributed by atoms with E-state index in [0.29, 0.717) is 5.69 Å². The molecular formula is C20H21ClN4O. The smallest absolute Gasteiger partial charge is 0.272 e. The number of piperidine rings is 1. The van der Waals surface area contributed by atoms with Gasteiger partial charge in [-0.25, -0.2) is 0 Å². The Kier molecular flexibility index (Phi) is 4.91. The summed E-state index contributed by atoms with van der Waals surface area (Å²) in [5.41, 5.74) is 2.62. The van der Waals surface area contributed by atoms with Gasteiger partial charge in [-0.2, -0.15) is 5.10 Å². The SMILES string of the molecule is O=C(NC1CCN(Cc2ccc(Cl)cc2)CC1)c1n[nH]c2ccccc12. The number of nitrogens with one attached hydrogen (secondary N) is 2. The zero-order valence-corrected chi connectivity index (χ0v) is 15.2. The Labute approximate surface area is 157 Å². The summed E-state index contributed by atoms with van der Waals surface area (Å²) in [7, 11) is 0. The number of likely N-dealkylation sites (tertiary alicyclic amines) is 1. The molecule has 1 amide bonds. The molecule has 0 saturated carbocycles. The molecule has 0 unspecified atom stereocenters. The minimum absolute atomic E-state index is 0.0985. The number of amides is 1. The first kappa shape index (κ1) is 17.1. The first-order valence-corrected chi connectivity index (χ1v) is 9.27. The second-order valence-corrected chi connectivity index (χ2v) is 7.20. The van der Waals surface area contributed by atoms with E-state index in [0.717, 1.165) is 48.4 Å². The van der Waals surface area contributed by atoms with Crippen LogP contribution in [-0.4, -0.2) is 40.1 Å². The number of para-hydroxylation sites is 1. The van der Waals surface area contributed by atoms with Crippen molar-refractivity contribution in [2.24, 2.45) is 0 Å². The monoisotopic (exact) mass is 368 g/mol. The van der Waals surface area contributed by atoms with Crippen LogP contribution in [0.2, 0.25) is 5.02 Å². The number of H-pyrrole nitrogens is 1. The van der Waals surface area contributed by atoms with Crippen LogP contribution in [0.3, 0.4) is 0 Å². The van der Waals surface area contributed by atoms with Crippen LogP contribution < -0.4 is 5.32 Å². The van der Waals surface area contributed by atoms with Gasteiger partial charge in [0.25, 0.3) is 5.91 Å². The van der Waals surface area contributed by atoms with Crippen molar-refractivity contribution in [3.63, 3.8) is 0 Å². The zero-order chi connectivity index (χ0) is 17.9. The average Bonchev–Trinajstić information content (AvgIpc) is 3.09. The first-order valence-electron chi connectivity index (χ1n) is 8.90. The van der Waals surface area contributed by atoms with Crippen molar-refractivity contribution >= 4 is 28.4 Å². The molecule has 0 spiro atoms. The Balaban J connectivity index is 1.32. The average molecular weight is 369 g/mol. The number of halogens is 1. The van der Waals surface area contributed by atoms with Crippen molar-refractivity contribution in [1.82, 2.24) is 20.4 Å². The molecule has 0 aliphatic carbocycles. The Bertz CT molecular complexity index is 898. The van der Waals surface area contributed by atoms with Crippen molar-refractivity contribution in [3.05, 3.63) is 64.8 Å². The first-order chi connectivity index (χ1) is 12.7. The summed E-state index contributed by atoms with van der Waals surface area (Å²) in [6.07, 6.45) is 1.89. The van der Waals surface area contributed by atoms with E-state index in [4.69, 9.17) is 11.6 Å². The Morgan fingerprint density at radius 1 is 1.15 bits per heavy atom. The Hall–Kier alpha value is -2.37. The maximum absolute atomic E-state index is 12.6. The third-order valence-electron chi connectivity index (χ3n) is 4.93.